The zero-order chi connectivity index (χ0) is 29.4. The number of anilines is 1. The molecule has 9 heteroatoms. The van der Waals surface area contributed by atoms with Gasteiger partial charge in [-0.3, -0.25) is 13.9 Å². The van der Waals surface area contributed by atoms with Gasteiger partial charge < -0.3 is 10.2 Å². The smallest absolute Gasteiger partial charge is 0.264 e. The highest BCUT2D eigenvalue weighted by atomic mass is 35.5. The van der Waals surface area contributed by atoms with Crippen molar-refractivity contribution in [1.82, 2.24) is 10.2 Å². The number of rotatable bonds is 12. The van der Waals surface area contributed by atoms with Crippen LogP contribution in [0.15, 0.2) is 77.7 Å². The summed E-state index contributed by atoms with van der Waals surface area (Å²) in [5, 5.41) is 3.43. The molecule has 3 rings (SSSR count). The first-order valence-corrected chi connectivity index (χ1v) is 15.3. The van der Waals surface area contributed by atoms with Gasteiger partial charge in [-0.2, -0.15) is 0 Å². The zero-order valence-electron chi connectivity index (χ0n) is 23.7. The van der Waals surface area contributed by atoms with E-state index in [1.54, 1.807) is 48.5 Å². The van der Waals surface area contributed by atoms with Crippen molar-refractivity contribution in [2.75, 3.05) is 10.8 Å². The highest BCUT2D eigenvalue weighted by Crippen LogP contribution is 2.26. The molecule has 7 nitrogen and oxygen atoms in total. The number of benzene rings is 3. The van der Waals surface area contributed by atoms with Crippen LogP contribution in [0.4, 0.5) is 5.69 Å². The van der Waals surface area contributed by atoms with Gasteiger partial charge in [0.25, 0.3) is 10.0 Å². The summed E-state index contributed by atoms with van der Waals surface area (Å²) < 4.78 is 29.0. The van der Waals surface area contributed by atoms with Gasteiger partial charge in [0.1, 0.15) is 12.6 Å². The van der Waals surface area contributed by atoms with Crippen molar-refractivity contribution in [3.05, 3.63) is 94.5 Å². The number of aryl methyl sites for hydroxylation is 2. The highest BCUT2D eigenvalue weighted by Gasteiger charge is 2.34. The van der Waals surface area contributed by atoms with Crippen LogP contribution in [0.3, 0.4) is 0 Å². The lowest BCUT2D eigenvalue weighted by Gasteiger charge is -2.34. The molecule has 0 unspecified atom stereocenters. The Balaban J connectivity index is 2.07. The third-order valence-electron chi connectivity index (χ3n) is 6.86. The summed E-state index contributed by atoms with van der Waals surface area (Å²) >= 11 is 6.45. The van der Waals surface area contributed by atoms with E-state index in [2.05, 4.69) is 5.32 Å². The van der Waals surface area contributed by atoms with Gasteiger partial charge in [0.05, 0.1) is 10.6 Å². The fourth-order valence-electron chi connectivity index (χ4n) is 4.32. The molecule has 2 atom stereocenters. The Morgan fingerprint density at radius 2 is 1.57 bits per heavy atom. The second-order valence-corrected chi connectivity index (χ2v) is 12.3. The minimum absolute atomic E-state index is 0.0528. The molecule has 0 aliphatic heterocycles. The summed E-state index contributed by atoms with van der Waals surface area (Å²) in [5.74, 6) is -0.802. The van der Waals surface area contributed by atoms with E-state index in [-0.39, 0.29) is 23.4 Å². The van der Waals surface area contributed by atoms with Crippen LogP contribution in [0.25, 0.3) is 0 Å². The summed E-state index contributed by atoms with van der Waals surface area (Å²) in [5.41, 5.74) is 2.79. The molecule has 214 valence electrons. The lowest BCUT2D eigenvalue weighted by molar-refractivity contribution is -0.140. The maximum absolute atomic E-state index is 14.1. The van der Waals surface area contributed by atoms with E-state index in [4.69, 9.17) is 11.6 Å². The molecule has 0 heterocycles. The van der Waals surface area contributed by atoms with Crippen LogP contribution in [0.1, 0.15) is 50.3 Å². The number of amides is 2. The average Bonchev–Trinajstić information content (AvgIpc) is 2.92. The number of hydrogen-bond acceptors (Lipinski definition) is 4. The van der Waals surface area contributed by atoms with Crippen LogP contribution >= 0.6 is 11.6 Å². The Morgan fingerprint density at radius 3 is 2.17 bits per heavy atom. The number of carbonyl (C=O) groups is 2. The van der Waals surface area contributed by atoms with Gasteiger partial charge in [-0.15, -0.1) is 0 Å². The fourth-order valence-corrected chi connectivity index (χ4v) is 5.92. The highest BCUT2D eigenvalue weighted by molar-refractivity contribution is 7.92. The van der Waals surface area contributed by atoms with E-state index in [9.17, 15) is 18.0 Å². The van der Waals surface area contributed by atoms with Crippen molar-refractivity contribution in [3.8, 4) is 0 Å². The molecular weight excluding hydrogens is 546 g/mol. The van der Waals surface area contributed by atoms with Gasteiger partial charge in [-0.25, -0.2) is 8.42 Å². The van der Waals surface area contributed by atoms with Crippen molar-refractivity contribution in [3.63, 3.8) is 0 Å². The molecule has 0 saturated carbocycles. The molecular formula is C31H38ClN3O4S. The van der Waals surface area contributed by atoms with Crippen LogP contribution in [-0.2, 0) is 26.2 Å². The lowest BCUT2D eigenvalue weighted by atomic mass is 10.1. The van der Waals surface area contributed by atoms with Crippen molar-refractivity contribution in [2.45, 2.75) is 71.0 Å². The average molecular weight is 584 g/mol. The molecule has 3 aromatic carbocycles. The van der Waals surface area contributed by atoms with Gasteiger partial charge in [0, 0.05) is 17.6 Å². The van der Waals surface area contributed by atoms with Crippen LogP contribution in [0.5, 0.6) is 0 Å². The first-order valence-electron chi connectivity index (χ1n) is 13.5. The normalized spacial score (nSPS) is 12.8. The van der Waals surface area contributed by atoms with Gasteiger partial charge in [-0.1, -0.05) is 73.5 Å². The van der Waals surface area contributed by atoms with Crippen LogP contribution in [0, 0.1) is 13.8 Å². The van der Waals surface area contributed by atoms with E-state index in [0.29, 0.717) is 22.7 Å². The lowest BCUT2D eigenvalue weighted by Crippen LogP contribution is -2.53. The molecule has 0 aromatic heterocycles. The van der Waals surface area contributed by atoms with Crippen LogP contribution < -0.4 is 9.62 Å². The second kappa shape index (κ2) is 13.8. The van der Waals surface area contributed by atoms with E-state index in [0.717, 1.165) is 21.9 Å². The number of sulfonamides is 1. The standard InChI is InChI=1S/C31H38ClN3O4S/c1-6-24(5)33-31(37)29(7-2)34(20-25-12-8-9-14-28(25)32)30(36)21-35(26-13-10-11-23(4)19-26)40(38,39)27-17-15-22(3)16-18-27/h8-19,24,29H,6-7,20-21H2,1-5H3,(H,33,37)/t24-,29-/m1/s1. The van der Waals surface area contributed by atoms with Gasteiger partial charge in [-0.05, 0) is 75.1 Å². The number of nitrogens with zero attached hydrogens (tertiary/aromatic N) is 2. The molecule has 0 spiro atoms. The maximum atomic E-state index is 14.1. The Labute approximate surface area is 243 Å². The molecule has 0 saturated heterocycles. The summed E-state index contributed by atoms with van der Waals surface area (Å²) in [6, 6.07) is 19.7. The SMILES string of the molecule is CC[C@@H](C)NC(=O)[C@@H](CC)N(Cc1ccccc1Cl)C(=O)CN(c1cccc(C)c1)S(=O)(=O)c1ccc(C)cc1. The molecule has 0 bridgehead atoms. The summed E-state index contributed by atoms with van der Waals surface area (Å²) in [6.07, 6.45) is 1.07. The zero-order valence-corrected chi connectivity index (χ0v) is 25.3. The van der Waals surface area contributed by atoms with Crippen molar-refractivity contribution >= 4 is 39.1 Å². The largest absolute Gasteiger partial charge is 0.352 e. The van der Waals surface area contributed by atoms with Crippen LogP contribution in [-0.4, -0.2) is 43.8 Å². The monoisotopic (exact) mass is 583 g/mol. The van der Waals surface area contributed by atoms with E-state index in [1.165, 1.54) is 17.0 Å². The minimum Gasteiger partial charge on any atom is -0.352 e. The van der Waals surface area contributed by atoms with E-state index < -0.39 is 28.5 Å². The van der Waals surface area contributed by atoms with Gasteiger partial charge in [0.2, 0.25) is 11.8 Å². The number of carbonyl (C=O) groups excluding carboxylic acids is 2. The molecule has 1 N–H and O–H groups in total. The molecule has 40 heavy (non-hydrogen) atoms. The summed E-state index contributed by atoms with van der Waals surface area (Å²) in [7, 11) is -4.11. The fraction of sp³-hybridized carbons (Fsp3) is 0.355. The van der Waals surface area contributed by atoms with Crippen LogP contribution in [0.2, 0.25) is 5.02 Å². The van der Waals surface area contributed by atoms with Crippen molar-refractivity contribution < 1.29 is 18.0 Å². The van der Waals surface area contributed by atoms with Gasteiger partial charge >= 0.3 is 0 Å². The van der Waals surface area contributed by atoms with Crippen molar-refractivity contribution in [1.29, 1.82) is 0 Å². The Bertz CT molecular complexity index is 1430. The van der Waals surface area contributed by atoms with Gasteiger partial charge in [0.15, 0.2) is 0 Å². The first-order chi connectivity index (χ1) is 19.0. The summed E-state index contributed by atoms with van der Waals surface area (Å²) in [4.78, 5) is 29.0. The molecule has 0 fully saturated rings. The quantitative estimate of drug-likeness (QED) is 0.289. The first kappa shape index (κ1) is 31.2. The minimum atomic E-state index is -4.11. The molecule has 3 aromatic rings. The van der Waals surface area contributed by atoms with E-state index >= 15 is 0 Å². The predicted molar refractivity (Wildman–Crippen MR) is 161 cm³/mol. The third kappa shape index (κ3) is 7.64. The Kier molecular flexibility index (Phi) is 10.8. The summed E-state index contributed by atoms with van der Waals surface area (Å²) in [6.45, 7) is 8.99. The topological polar surface area (TPSA) is 86.8 Å². The molecule has 0 aliphatic carbocycles. The van der Waals surface area contributed by atoms with Crippen molar-refractivity contribution in [2.24, 2.45) is 0 Å². The third-order valence-corrected chi connectivity index (χ3v) is 9.02. The number of nitrogens with one attached hydrogen (secondary N) is 1. The Morgan fingerprint density at radius 1 is 0.900 bits per heavy atom. The maximum Gasteiger partial charge on any atom is 0.264 e. The molecule has 0 aliphatic rings. The molecule has 2 amide bonds. The number of halogens is 1. The Hall–Kier alpha value is -3.36. The number of hydrogen-bond donors (Lipinski definition) is 1. The second-order valence-electron chi connectivity index (χ2n) is 10.0. The predicted octanol–water partition coefficient (Wildman–Crippen LogP) is 5.87. The van der Waals surface area contributed by atoms with E-state index in [1.807, 2.05) is 46.8 Å². The molecule has 0 radical (unpaired) electrons.